The standard InChI is InChI=1S/C21H24Cl2N4O3/c1-21(2,3)30-20(29)27-9-8-14(12-27)13-4-6-17(16(22)10-13)26-19(28)25-15-5-7-18(23)24-11-15/h4-7,10-11,14H,8-9,12H2,1-3H3,(H2,25,26,28). The van der Waals surface area contributed by atoms with Crippen LogP contribution in [0.3, 0.4) is 0 Å². The lowest BCUT2D eigenvalue weighted by Gasteiger charge is -2.24. The molecule has 1 aliphatic heterocycles. The molecule has 0 bridgehead atoms. The fraction of sp³-hybridized carbons (Fsp3) is 0.381. The number of likely N-dealkylation sites (tertiary alicyclic amines) is 1. The van der Waals surface area contributed by atoms with E-state index in [0.29, 0.717) is 34.6 Å². The minimum atomic E-state index is -0.519. The van der Waals surface area contributed by atoms with E-state index >= 15 is 0 Å². The Morgan fingerprint density at radius 1 is 1.17 bits per heavy atom. The highest BCUT2D eigenvalue weighted by molar-refractivity contribution is 6.34. The van der Waals surface area contributed by atoms with Crippen LogP contribution in [0, 0.1) is 0 Å². The van der Waals surface area contributed by atoms with E-state index in [4.69, 9.17) is 27.9 Å². The molecule has 1 saturated heterocycles. The molecule has 0 radical (unpaired) electrons. The Bertz CT molecular complexity index is 929. The summed E-state index contributed by atoms with van der Waals surface area (Å²) in [5.74, 6) is 0.165. The highest BCUT2D eigenvalue weighted by atomic mass is 35.5. The zero-order valence-corrected chi connectivity index (χ0v) is 18.5. The van der Waals surface area contributed by atoms with Crippen LogP contribution in [0.25, 0.3) is 0 Å². The minimum absolute atomic E-state index is 0.165. The van der Waals surface area contributed by atoms with E-state index in [9.17, 15) is 9.59 Å². The van der Waals surface area contributed by atoms with E-state index in [1.54, 1.807) is 23.1 Å². The molecule has 1 fully saturated rings. The summed E-state index contributed by atoms with van der Waals surface area (Å²) in [4.78, 5) is 30.1. The van der Waals surface area contributed by atoms with Crippen LogP contribution in [0.5, 0.6) is 0 Å². The number of carbonyl (C=O) groups excluding carboxylic acids is 2. The minimum Gasteiger partial charge on any atom is -0.444 e. The fourth-order valence-corrected chi connectivity index (χ4v) is 3.49. The maximum atomic E-state index is 12.3. The van der Waals surface area contributed by atoms with Gasteiger partial charge in [0.1, 0.15) is 10.8 Å². The van der Waals surface area contributed by atoms with Crippen LogP contribution < -0.4 is 10.6 Å². The molecule has 3 amide bonds. The zero-order chi connectivity index (χ0) is 21.9. The molecule has 0 aliphatic carbocycles. The Morgan fingerprint density at radius 3 is 2.57 bits per heavy atom. The number of pyridine rings is 1. The highest BCUT2D eigenvalue weighted by Gasteiger charge is 2.30. The Labute approximate surface area is 185 Å². The van der Waals surface area contributed by atoms with Crippen molar-refractivity contribution in [3.63, 3.8) is 0 Å². The Balaban J connectivity index is 1.59. The topological polar surface area (TPSA) is 83.6 Å². The number of nitrogens with zero attached hydrogens (tertiary/aromatic N) is 2. The van der Waals surface area contributed by atoms with Gasteiger partial charge in [-0.2, -0.15) is 0 Å². The summed E-state index contributed by atoms with van der Waals surface area (Å²) in [6.07, 6.45) is 1.98. The van der Waals surface area contributed by atoms with Gasteiger partial charge < -0.3 is 20.3 Å². The molecule has 2 heterocycles. The number of rotatable bonds is 3. The summed E-state index contributed by atoms with van der Waals surface area (Å²) >= 11 is 12.1. The number of anilines is 2. The first-order valence-electron chi connectivity index (χ1n) is 9.57. The van der Waals surface area contributed by atoms with E-state index in [1.165, 1.54) is 6.20 Å². The molecule has 0 spiro atoms. The molecule has 160 valence electrons. The number of urea groups is 1. The lowest BCUT2D eigenvalue weighted by Crippen LogP contribution is -2.35. The summed E-state index contributed by atoms with van der Waals surface area (Å²) < 4.78 is 5.44. The van der Waals surface area contributed by atoms with Crippen molar-refractivity contribution in [3.8, 4) is 0 Å². The number of hydrogen-bond acceptors (Lipinski definition) is 4. The van der Waals surface area contributed by atoms with E-state index in [2.05, 4.69) is 15.6 Å². The largest absolute Gasteiger partial charge is 0.444 e. The maximum absolute atomic E-state index is 12.3. The summed E-state index contributed by atoms with van der Waals surface area (Å²) in [6, 6.07) is 8.29. The highest BCUT2D eigenvalue weighted by Crippen LogP contribution is 2.32. The van der Waals surface area contributed by atoms with Gasteiger partial charge in [0.15, 0.2) is 0 Å². The zero-order valence-electron chi connectivity index (χ0n) is 17.0. The lowest BCUT2D eigenvalue weighted by molar-refractivity contribution is 0.0292. The van der Waals surface area contributed by atoms with Crippen LogP contribution in [-0.2, 0) is 4.74 Å². The predicted octanol–water partition coefficient (Wildman–Crippen LogP) is 5.76. The van der Waals surface area contributed by atoms with Gasteiger partial charge in [-0.1, -0.05) is 29.3 Å². The third-order valence-electron chi connectivity index (χ3n) is 4.54. The second-order valence-corrected chi connectivity index (χ2v) is 8.89. The van der Waals surface area contributed by atoms with Gasteiger partial charge in [0.2, 0.25) is 0 Å². The van der Waals surface area contributed by atoms with Crippen molar-refractivity contribution in [2.45, 2.75) is 38.7 Å². The molecule has 0 saturated carbocycles. The maximum Gasteiger partial charge on any atom is 0.410 e. The van der Waals surface area contributed by atoms with Crippen LogP contribution in [0.1, 0.15) is 38.7 Å². The number of carbonyl (C=O) groups is 2. The average molecular weight is 451 g/mol. The van der Waals surface area contributed by atoms with Gasteiger partial charge in [-0.05, 0) is 57.0 Å². The van der Waals surface area contributed by atoms with Crippen molar-refractivity contribution in [1.82, 2.24) is 9.88 Å². The van der Waals surface area contributed by atoms with E-state index in [0.717, 1.165) is 12.0 Å². The average Bonchev–Trinajstić information content (AvgIpc) is 3.14. The molecule has 2 aromatic rings. The second-order valence-electron chi connectivity index (χ2n) is 8.10. The smallest absolute Gasteiger partial charge is 0.410 e. The monoisotopic (exact) mass is 450 g/mol. The molecule has 9 heteroatoms. The van der Waals surface area contributed by atoms with Crippen molar-refractivity contribution >= 4 is 46.7 Å². The number of ether oxygens (including phenoxy) is 1. The van der Waals surface area contributed by atoms with Gasteiger partial charge in [0.25, 0.3) is 0 Å². The van der Waals surface area contributed by atoms with Crippen LogP contribution in [0.2, 0.25) is 10.2 Å². The SMILES string of the molecule is CC(C)(C)OC(=O)N1CCC(c2ccc(NC(=O)Nc3ccc(Cl)nc3)c(Cl)c2)C1. The first-order chi connectivity index (χ1) is 14.1. The van der Waals surface area contributed by atoms with Gasteiger partial charge in [0.05, 0.1) is 22.6 Å². The summed E-state index contributed by atoms with van der Waals surface area (Å²) in [5, 5.41) is 6.15. The first kappa shape index (κ1) is 22.2. The van der Waals surface area contributed by atoms with Gasteiger partial charge in [-0.3, -0.25) is 0 Å². The van der Waals surface area contributed by atoms with E-state index in [1.807, 2.05) is 32.9 Å². The quantitative estimate of drug-likeness (QED) is 0.582. The number of hydrogen-bond donors (Lipinski definition) is 2. The van der Waals surface area contributed by atoms with Crippen molar-refractivity contribution in [3.05, 3.63) is 52.3 Å². The Hall–Kier alpha value is -2.51. The third-order valence-corrected chi connectivity index (χ3v) is 5.07. The van der Waals surface area contributed by atoms with E-state index in [-0.39, 0.29) is 12.0 Å². The fourth-order valence-electron chi connectivity index (χ4n) is 3.15. The molecule has 2 N–H and O–H groups in total. The van der Waals surface area contributed by atoms with Crippen LogP contribution >= 0.6 is 23.2 Å². The lowest BCUT2D eigenvalue weighted by atomic mass is 9.98. The van der Waals surface area contributed by atoms with Gasteiger partial charge in [-0.15, -0.1) is 0 Å². The molecule has 3 rings (SSSR count). The molecule has 1 unspecified atom stereocenters. The number of amides is 3. The van der Waals surface area contributed by atoms with Gasteiger partial charge in [0, 0.05) is 19.0 Å². The van der Waals surface area contributed by atoms with Crippen LogP contribution in [0.4, 0.5) is 21.0 Å². The Kier molecular flexibility index (Phi) is 6.73. The number of benzene rings is 1. The summed E-state index contributed by atoms with van der Waals surface area (Å²) in [5.41, 5.74) is 1.49. The first-order valence-corrected chi connectivity index (χ1v) is 10.3. The van der Waals surface area contributed by atoms with Gasteiger partial charge >= 0.3 is 12.1 Å². The molecular weight excluding hydrogens is 427 g/mol. The summed E-state index contributed by atoms with van der Waals surface area (Å²) in [7, 11) is 0. The summed E-state index contributed by atoms with van der Waals surface area (Å²) in [6.45, 7) is 6.76. The van der Waals surface area contributed by atoms with Crippen molar-refractivity contribution in [2.24, 2.45) is 0 Å². The molecule has 7 nitrogen and oxygen atoms in total. The van der Waals surface area contributed by atoms with Crippen molar-refractivity contribution in [1.29, 1.82) is 0 Å². The molecule has 1 atom stereocenters. The third kappa shape index (κ3) is 6.00. The second kappa shape index (κ2) is 9.10. The van der Waals surface area contributed by atoms with Crippen LogP contribution in [-0.4, -0.2) is 40.7 Å². The molecule has 1 aromatic heterocycles. The molecular formula is C21H24Cl2N4O3. The van der Waals surface area contributed by atoms with Crippen molar-refractivity contribution in [2.75, 3.05) is 23.7 Å². The molecule has 30 heavy (non-hydrogen) atoms. The number of halogens is 2. The number of aromatic nitrogens is 1. The Morgan fingerprint density at radius 2 is 1.93 bits per heavy atom. The molecule has 1 aromatic carbocycles. The van der Waals surface area contributed by atoms with E-state index < -0.39 is 11.6 Å². The van der Waals surface area contributed by atoms with Crippen molar-refractivity contribution < 1.29 is 14.3 Å². The number of nitrogens with one attached hydrogen (secondary N) is 2. The van der Waals surface area contributed by atoms with Gasteiger partial charge in [-0.25, -0.2) is 14.6 Å². The van der Waals surface area contributed by atoms with Crippen LogP contribution in [0.15, 0.2) is 36.5 Å². The molecule has 1 aliphatic rings. The normalized spacial score (nSPS) is 16.3. The predicted molar refractivity (Wildman–Crippen MR) is 119 cm³/mol.